The van der Waals surface area contributed by atoms with Gasteiger partial charge in [0.15, 0.2) is 10.9 Å². The molecule has 2 aromatic heterocycles. The van der Waals surface area contributed by atoms with E-state index in [4.69, 9.17) is 21.7 Å². The average Bonchev–Trinajstić information content (AvgIpc) is 3.32. The molecular weight excluding hydrogens is 504 g/mol. The number of carbonyl (C=O) groups excluding carboxylic acids is 2. The van der Waals surface area contributed by atoms with E-state index in [-0.39, 0.29) is 10.7 Å². The summed E-state index contributed by atoms with van der Waals surface area (Å²) in [7, 11) is 2.55. The van der Waals surface area contributed by atoms with E-state index in [1.54, 1.807) is 17.7 Å². The van der Waals surface area contributed by atoms with Gasteiger partial charge in [-0.3, -0.25) is 4.68 Å². The number of rotatable bonds is 6. The van der Waals surface area contributed by atoms with E-state index in [0.29, 0.717) is 27.8 Å². The number of halogens is 1. The lowest BCUT2D eigenvalue weighted by atomic mass is 10.1. The standard InChI is InChI=1S/C20H19BrN4O4S2/c1-11-15(18(26)28-2)17(31-16(11)19(27)29-3)23-20(30)22-14-8-9-25(24-14)10-12-4-6-13(21)7-5-12/h4-9H,10H2,1-3H3,(H2,22,23,24,30). The Balaban J connectivity index is 1.72. The Morgan fingerprint density at radius 1 is 1.13 bits per heavy atom. The number of nitrogens with zero attached hydrogens (tertiary/aromatic N) is 2. The second kappa shape index (κ2) is 10.0. The lowest BCUT2D eigenvalue weighted by Gasteiger charge is -2.09. The van der Waals surface area contributed by atoms with E-state index < -0.39 is 11.9 Å². The summed E-state index contributed by atoms with van der Waals surface area (Å²) in [6.45, 7) is 2.26. The molecule has 2 N–H and O–H groups in total. The number of hydrogen-bond acceptors (Lipinski definition) is 7. The van der Waals surface area contributed by atoms with Gasteiger partial charge in [0.1, 0.15) is 9.88 Å². The highest BCUT2D eigenvalue weighted by Crippen LogP contribution is 2.34. The molecule has 1 aromatic carbocycles. The minimum absolute atomic E-state index is 0.219. The van der Waals surface area contributed by atoms with Gasteiger partial charge >= 0.3 is 11.9 Å². The predicted octanol–water partition coefficient (Wildman–Crippen LogP) is 4.45. The molecule has 0 saturated carbocycles. The highest BCUT2D eigenvalue weighted by Gasteiger charge is 2.26. The van der Waals surface area contributed by atoms with Crippen molar-refractivity contribution in [2.45, 2.75) is 13.5 Å². The summed E-state index contributed by atoms with van der Waals surface area (Å²) in [5.41, 5.74) is 1.80. The molecule has 162 valence electrons. The number of benzene rings is 1. The van der Waals surface area contributed by atoms with Gasteiger partial charge in [0.05, 0.1) is 26.3 Å². The van der Waals surface area contributed by atoms with Gasteiger partial charge in [0.25, 0.3) is 0 Å². The third-order valence-electron chi connectivity index (χ3n) is 4.27. The fourth-order valence-electron chi connectivity index (χ4n) is 2.78. The van der Waals surface area contributed by atoms with Gasteiger partial charge in [-0.2, -0.15) is 5.10 Å². The average molecular weight is 523 g/mol. The zero-order chi connectivity index (χ0) is 22.5. The van der Waals surface area contributed by atoms with Crippen LogP contribution in [0.4, 0.5) is 10.8 Å². The van der Waals surface area contributed by atoms with E-state index in [2.05, 4.69) is 31.7 Å². The zero-order valence-corrected chi connectivity index (χ0v) is 20.1. The fraction of sp³-hybridized carbons (Fsp3) is 0.200. The van der Waals surface area contributed by atoms with E-state index in [1.807, 2.05) is 30.5 Å². The summed E-state index contributed by atoms with van der Waals surface area (Å²) >= 11 is 9.85. The Morgan fingerprint density at radius 3 is 2.45 bits per heavy atom. The Labute approximate surface area is 196 Å². The Bertz CT molecular complexity index is 1120. The van der Waals surface area contributed by atoms with Crippen molar-refractivity contribution in [3.05, 3.63) is 62.6 Å². The molecule has 0 radical (unpaired) electrons. The molecule has 0 spiro atoms. The van der Waals surface area contributed by atoms with Crippen LogP contribution < -0.4 is 10.6 Å². The third kappa shape index (κ3) is 5.49. The van der Waals surface area contributed by atoms with Crippen molar-refractivity contribution >= 4 is 67.4 Å². The molecule has 3 aromatic rings. The molecule has 0 saturated heterocycles. The number of methoxy groups -OCH3 is 2. The summed E-state index contributed by atoms with van der Waals surface area (Å²) in [5, 5.41) is 11.0. The van der Waals surface area contributed by atoms with Gasteiger partial charge in [0, 0.05) is 16.7 Å². The lowest BCUT2D eigenvalue weighted by molar-refractivity contribution is 0.0601. The molecule has 0 fully saturated rings. The molecule has 8 nitrogen and oxygen atoms in total. The molecule has 0 unspecified atom stereocenters. The van der Waals surface area contributed by atoms with Crippen LogP contribution in [0.3, 0.4) is 0 Å². The number of ether oxygens (including phenoxy) is 2. The summed E-state index contributed by atoms with van der Waals surface area (Å²) in [5.74, 6) is -0.574. The van der Waals surface area contributed by atoms with Gasteiger partial charge in [-0.25, -0.2) is 9.59 Å². The van der Waals surface area contributed by atoms with Crippen molar-refractivity contribution in [1.29, 1.82) is 0 Å². The van der Waals surface area contributed by atoms with Crippen LogP contribution >= 0.6 is 39.5 Å². The first-order valence-electron chi connectivity index (χ1n) is 8.98. The van der Waals surface area contributed by atoms with Crippen LogP contribution in [0.25, 0.3) is 0 Å². The van der Waals surface area contributed by atoms with Crippen LogP contribution in [0.1, 0.15) is 31.2 Å². The topological polar surface area (TPSA) is 94.5 Å². The van der Waals surface area contributed by atoms with Crippen molar-refractivity contribution in [2.75, 3.05) is 24.9 Å². The largest absolute Gasteiger partial charge is 0.465 e. The smallest absolute Gasteiger partial charge is 0.348 e. The van der Waals surface area contributed by atoms with Gasteiger partial charge in [-0.15, -0.1) is 11.3 Å². The van der Waals surface area contributed by atoms with Crippen LogP contribution in [0.15, 0.2) is 41.0 Å². The van der Waals surface area contributed by atoms with Gasteiger partial charge in [0.2, 0.25) is 0 Å². The van der Waals surface area contributed by atoms with Crippen LogP contribution in [0, 0.1) is 6.92 Å². The Morgan fingerprint density at radius 2 is 1.81 bits per heavy atom. The normalized spacial score (nSPS) is 10.5. The van der Waals surface area contributed by atoms with Crippen molar-refractivity contribution < 1.29 is 19.1 Å². The van der Waals surface area contributed by atoms with Crippen molar-refractivity contribution in [3.63, 3.8) is 0 Å². The first-order chi connectivity index (χ1) is 14.8. The summed E-state index contributed by atoms with van der Waals surface area (Å²) in [4.78, 5) is 24.5. The summed E-state index contributed by atoms with van der Waals surface area (Å²) in [6.07, 6.45) is 1.83. The van der Waals surface area contributed by atoms with E-state index in [9.17, 15) is 9.59 Å². The van der Waals surface area contributed by atoms with Crippen LogP contribution in [0.5, 0.6) is 0 Å². The number of aromatic nitrogens is 2. The van der Waals surface area contributed by atoms with Crippen LogP contribution in [-0.2, 0) is 16.0 Å². The quantitative estimate of drug-likeness (QED) is 0.362. The first kappa shape index (κ1) is 22.9. The first-order valence-corrected chi connectivity index (χ1v) is 11.0. The fourth-order valence-corrected chi connectivity index (χ4v) is 4.43. The molecule has 0 amide bonds. The number of nitrogens with one attached hydrogen (secondary N) is 2. The Kier molecular flexibility index (Phi) is 7.42. The molecule has 31 heavy (non-hydrogen) atoms. The molecule has 3 rings (SSSR count). The van der Waals surface area contributed by atoms with Crippen molar-refractivity contribution in [1.82, 2.24) is 9.78 Å². The zero-order valence-electron chi connectivity index (χ0n) is 16.9. The number of thiocarbonyl (C=S) groups is 1. The minimum Gasteiger partial charge on any atom is -0.465 e. The molecule has 11 heteroatoms. The predicted molar refractivity (Wildman–Crippen MR) is 127 cm³/mol. The Hall–Kier alpha value is -2.76. The molecule has 0 atom stereocenters. The number of anilines is 2. The number of esters is 2. The number of carbonyl (C=O) groups is 2. The maximum atomic E-state index is 12.2. The van der Waals surface area contributed by atoms with E-state index in [1.165, 1.54) is 14.2 Å². The SMILES string of the molecule is COC(=O)c1sc(NC(=S)Nc2ccn(Cc3ccc(Br)cc3)n2)c(C(=O)OC)c1C. The van der Waals surface area contributed by atoms with E-state index in [0.717, 1.165) is 21.4 Å². The summed E-state index contributed by atoms with van der Waals surface area (Å²) < 4.78 is 12.4. The lowest BCUT2D eigenvalue weighted by Crippen LogP contribution is -2.20. The van der Waals surface area contributed by atoms with Crippen LogP contribution in [-0.4, -0.2) is 41.1 Å². The monoisotopic (exact) mass is 522 g/mol. The van der Waals surface area contributed by atoms with Gasteiger partial charge in [-0.1, -0.05) is 28.1 Å². The molecular formula is C20H19BrN4O4S2. The molecule has 0 aliphatic carbocycles. The maximum Gasteiger partial charge on any atom is 0.348 e. The minimum atomic E-state index is -0.576. The number of hydrogen-bond donors (Lipinski definition) is 2. The molecule has 2 heterocycles. The van der Waals surface area contributed by atoms with Crippen LogP contribution in [0.2, 0.25) is 0 Å². The second-order valence-electron chi connectivity index (χ2n) is 6.35. The maximum absolute atomic E-state index is 12.2. The van der Waals surface area contributed by atoms with Crippen molar-refractivity contribution in [2.24, 2.45) is 0 Å². The highest BCUT2D eigenvalue weighted by molar-refractivity contribution is 9.10. The molecule has 0 aliphatic rings. The van der Waals surface area contributed by atoms with Gasteiger partial charge in [-0.05, 0) is 42.4 Å². The van der Waals surface area contributed by atoms with Crippen molar-refractivity contribution in [3.8, 4) is 0 Å². The molecule has 0 aliphatic heterocycles. The summed E-state index contributed by atoms with van der Waals surface area (Å²) in [6, 6.07) is 9.76. The second-order valence-corrected chi connectivity index (χ2v) is 8.69. The highest BCUT2D eigenvalue weighted by atomic mass is 79.9. The van der Waals surface area contributed by atoms with Gasteiger partial charge < -0.3 is 20.1 Å². The molecule has 0 bridgehead atoms. The number of thiophene rings is 1. The third-order valence-corrected chi connectivity index (χ3v) is 6.19. The van der Waals surface area contributed by atoms with E-state index >= 15 is 0 Å².